The number of halogens is 3. The number of rotatable bonds is 1. The summed E-state index contributed by atoms with van der Waals surface area (Å²) < 4.78 is 37.2. The summed E-state index contributed by atoms with van der Waals surface area (Å²) in [6, 6.07) is 2.21. The van der Waals surface area contributed by atoms with Gasteiger partial charge in [-0.05, 0) is 18.1 Å². The predicted molar refractivity (Wildman–Crippen MR) is 51.0 cm³/mol. The van der Waals surface area contributed by atoms with Crippen molar-refractivity contribution in [2.24, 2.45) is 0 Å². The van der Waals surface area contributed by atoms with E-state index >= 15 is 0 Å². The normalized spacial score (nSPS) is 10.3. The minimum atomic E-state index is -4.81. The number of nitro groups is 1. The molecule has 0 bridgehead atoms. The summed E-state index contributed by atoms with van der Waals surface area (Å²) >= 11 is 0. The predicted octanol–water partition coefficient (Wildman–Crippen LogP) is 2.16. The van der Waals surface area contributed by atoms with Gasteiger partial charge in [-0.25, -0.2) is 0 Å². The zero-order valence-electron chi connectivity index (χ0n) is 8.12. The molecule has 17 heavy (non-hydrogen) atoms. The molecule has 0 radical (unpaired) electrons. The molecular weight excluding hydrogens is 239 g/mol. The molecule has 0 aliphatic rings. The molecule has 0 aromatic heterocycles. The second kappa shape index (κ2) is 4.65. The Balaban J connectivity index is 3.37. The quantitative estimate of drug-likeness (QED) is 0.328. The van der Waals surface area contributed by atoms with E-state index in [4.69, 9.17) is 0 Å². The molecule has 0 atom stereocenters. The van der Waals surface area contributed by atoms with Gasteiger partial charge in [0.2, 0.25) is 0 Å². The van der Waals surface area contributed by atoms with Crippen LogP contribution in [0.25, 0.3) is 0 Å². The van der Waals surface area contributed by atoms with Crippen LogP contribution in [0.4, 0.5) is 18.9 Å². The fourth-order valence-corrected chi connectivity index (χ4v) is 1.11. The van der Waals surface area contributed by atoms with Crippen LogP contribution >= 0.6 is 0 Å². The Bertz CT molecular complexity index is 526. The maximum Gasteiger partial charge on any atom is 0.422 e. The highest BCUT2D eigenvalue weighted by Crippen LogP contribution is 2.36. The molecule has 0 heterocycles. The second-order valence-electron chi connectivity index (χ2n) is 2.87. The van der Waals surface area contributed by atoms with Crippen LogP contribution in [0, 0.1) is 22.0 Å². The third kappa shape index (κ3) is 3.04. The number of carbonyl (C=O) groups is 1. The van der Waals surface area contributed by atoms with Gasteiger partial charge in [-0.1, -0.05) is 5.92 Å². The van der Waals surface area contributed by atoms with Gasteiger partial charge >= 0.3 is 6.18 Å². The molecule has 0 fully saturated rings. The molecule has 0 aliphatic carbocycles. The van der Waals surface area contributed by atoms with Crippen molar-refractivity contribution in [1.82, 2.24) is 0 Å². The van der Waals surface area contributed by atoms with Crippen LogP contribution in [0.1, 0.15) is 11.1 Å². The van der Waals surface area contributed by atoms with Crippen molar-refractivity contribution in [2.45, 2.75) is 6.18 Å². The molecule has 1 aromatic rings. The summed E-state index contributed by atoms with van der Waals surface area (Å²) in [4.78, 5) is 19.3. The number of hydrogen-bond acceptors (Lipinski definition) is 3. The Kier molecular flexibility index (Phi) is 3.48. The van der Waals surface area contributed by atoms with Crippen molar-refractivity contribution in [3.05, 3.63) is 39.4 Å². The fourth-order valence-electron chi connectivity index (χ4n) is 1.11. The van der Waals surface area contributed by atoms with E-state index in [-0.39, 0.29) is 11.8 Å². The Labute approximate surface area is 93.2 Å². The first-order valence-corrected chi connectivity index (χ1v) is 4.17. The highest BCUT2D eigenvalue weighted by atomic mass is 19.4. The SMILES string of the molecule is O=CC#Cc1ccc(C(F)(F)F)c([N+](=O)[O-])c1. The number of hydrogen-bond donors (Lipinski definition) is 0. The number of nitrogens with zero attached hydrogens (tertiary/aromatic N) is 1. The van der Waals surface area contributed by atoms with Crippen molar-refractivity contribution in [3.8, 4) is 11.8 Å². The minimum Gasteiger partial charge on any atom is -0.289 e. The summed E-state index contributed by atoms with van der Waals surface area (Å²) in [5, 5.41) is 10.5. The highest BCUT2D eigenvalue weighted by molar-refractivity contribution is 5.74. The standard InChI is InChI=1S/C10H4F3NO3/c11-10(12,13)8-4-3-7(2-1-5-15)6-9(8)14(16)17/h3-6H. The lowest BCUT2D eigenvalue weighted by Gasteiger charge is -2.06. The van der Waals surface area contributed by atoms with Gasteiger partial charge in [-0.15, -0.1) is 0 Å². The first kappa shape index (κ1) is 12.7. The van der Waals surface area contributed by atoms with Crippen LogP contribution < -0.4 is 0 Å². The lowest BCUT2D eigenvalue weighted by atomic mass is 10.1. The maximum absolute atomic E-state index is 12.4. The average Bonchev–Trinajstić information content (AvgIpc) is 2.24. The molecule has 0 spiro atoms. The molecule has 0 aliphatic heterocycles. The Morgan fingerprint density at radius 2 is 2.00 bits per heavy atom. The molecule has 0 N–H and O–H groups in total. The summed E-state index contributed by atoms with van der Waals surface area (Å²) in [7, 11) is 0. The van der Waals surface area contributed by atoms with Gasteiger partial charge in [0.05, 0.1) is 4.92 Å². The maximum atomic E-state index is 12.4. The van der Waals surface area contributed by atoms with Crippen LogP contribution in [0.2, 0.25) is 0 Å². The Morgan fingerprint density at radius 3 is 2.47 bits per heavy atom. The van der Waals surface area contributed by atoms with E-state index in [1.165, 1.54) is 0 Å². The largest absolute Gasteiger partial charge is 0.422 e. The number of alkyl halides is 3. The first-order valence-electron chi connectivity index (χ1n) is 4.17. The zero-order valence-corrected chi connectivity index (χ0v) is 8.12. The van der Waals surface area contributed by atoms with Crippen LogP contribution in [0.3, 0.4) is 0 Å². The molecule has 0 unspecified atom stereocenters. The van der Waals surface area contributed by atoms with Gasteiger partial charge < -0.3 is 0 Å². The number of carbonyl (C=O) groups excluding carboxylic acids is 1. The van der Waals surface area contributed by atoms with Gasteiger partial charge in [0.15, 0.2) is 6.29 Å². The second-order valence-corrected chi connectivity index (χ2v) is 2.87. The average molecular weight is 243 g/mol. The molecule has 0 saturated carbocycles. The summed E-state index contributed by atoms with van der Waals surface area (Å²) in [6.07, 6.45) is -4.57. The van der Waals surface area contributed by atoms with Gasteiger partial charge in [0, 0.05) is 11.6 Å². The highest BCUT2D eigenvalue weighted by Gasteiger charge is 2.38. The van der Waals surface area contributed by atoms with Crippen LogP contribution in [-0.2, 0) is 11.0 Å². The van der Waals surface area contributed by atoms with E-state index in [0.29, 0.717) is 12.1 Å². The van der Waals surface area contributed by atoms with Gasteiger partial charge in [-0.3, -0.25) is 14.9 Å². The van der Waals surface area contributed by atoms with E-state index in [9.17, 15) is 28.1 Å². The van der Waals surface area contributed by atoms with Crippen LogP contribution in [-0.4, -0.2) is 11.2 Å². The fraction of sp³-hybridized carbons (Fsp3) is 0.100. The monoisotopic (exact) mass is 243 g/mol. The number of benzene rings is 1. The van der Waals surface area contributed by atoms with Gasteiger partial charge in [0.1, 0.15) is 5.56 Å². The topological polar surface area (TPSA) is 60.2 Å². The summed E-state index contributed by atoms with van der Waals surface area (Å²) in [5.74, 6) is 4.13. The zero-order chi connectivity index (χ0) is 13.1. The third-order valence-electron chi connectivity index (χ3n) is 1.78. The Morgan fingerprint density at radius 1 is 1.35 bits per heavy atom. The third-order valence-corrected chi connectivity index (χ3v) is 1.78. The van der Waals surface area contributed by atoms with Crippen molar-refractivity contribution >= 4 is 12.0 Å². The molecule has 0 amide bonds. The molecule has 0 saturated heterocycles. The molecule has 1 aromatic carbocycles. The van der Waals surface area contributed by atoms with E-state index < -0.39 is 22.4 Å². The van der Waals surface area contributed by atoms with Gasteiger partial charge in [0.25, 0.3) is 5.69 Å². The van der Waals surface area contributed by atoms with E-state index in [1.807, 2.05) is 5.92 Å². The molecule has 88 valence electrons. The Hall–Kier alpha value is -2.36. The first-order chi connectivity index (χ1) is 7.86. The molecule has 4 nitrogen and oxygen atoms in total. The van der Waals surface area contributed by atoms with Gasteiger partial charge in [-0.2, -0.15) is 13.2 Å². The molecule has 1 rings (SSSR count). The van der Waals surface area contributed by atoms with E-state index in [1.54, 1.807) is 0 Å². The van der Waals surface area contributed by atoms with Crippen molar-refractivity contribution < 1.29 is 22.9 Å². The van der Waals surface area contributed by atoms with Crippen molar-refractivity contribution in [3.63, 3.8) is 0 Å². The van der Waals surface area contributed by atoms with E-state index in [0.717, 1.165) is 6.07 Å². The van der Waals surface area contributed by atoms with Crippen LogP contribution in [0.5, 0.6) is 0 Å². The smallest absolute Gasteiger partial charge is 0.289 e. The van der Waals surface area contributed by atoms with E-state index in [2.05, 4.69) is 5.92 Å². The minimum absolute atomic E-state index is 0.0307. The summed E-state index contributed by atoms with van der Waals surface area (Å²) in [5.41, 5.74) is -2.47. The van der Waals surface area contributed by atoms with Crippen molar-refractivity contribution in [2.75, 3.05) is 0 Å². The molecular formula is C10H4F3NO3. The van der Waals surface area contributed by atoms with Crippen LogP contribution in [0.15, 0.2) is 18.2 Å². The number of aldehydes is 1. The number of nitro benzene ring substituents is 1. The lowest BCUT2D eigenvalue weighted by molar-refractivity contribution is -0.388. The summed E-state index contributed by atoms with van der Waals surface area (Å²) in [6.45, 7) is 0. The lowest BCUT2D eigenvalue weighted by Crippen LogP contribution is -2.08. The van der Waals surface area contributed by atoms with Crippen molar-refractivity contribution in [1.29, 1.82) is 0 Å². The molecule has 7 heteroatoms.